The summed E-state index contributed by atoms with van der Waals surface area (Å²) in [6.45, 7) is 10.9. The molecule has 0 heterocycles. The van der Waals surface area contributed by atoms with Crippen molar-refractivity contribution in [3.8, 4) is 0 Å². The summed E-state index contributed by atoms with van der Waals surface area (Å²) in [6, 6.07) is 0. The normalized spacial score (nSPS) is 12.9. The number of allylic oxidation sites excluding steroid dienone is 6. The Morgan fingerprint density at radius 2 is 1.33 bits per heavy atom. The third kappa shape index (κ3) is 9.52. The van der Waals surface area contributed by atoms with Gasteiger partial charge in [0.05, 0.1) is 0 Å². The van der Waals surface area contributed by atoms with E-state index in [2.05, 4.69) is 52.8 Å². The van der Waals surface area contributed by atoms with Crippen LogP contribution >= 0.6 is 0 Å². The van der Waals surface area contributed by atoms with Crippen molar-refractivity contribution < 1.29 is 0 Å². The molecule has 0 spiro atoms. The SMILES string of the molecule is C/C=C(\C)CC/C=C(\C)CCC=C(C)C. The first-order chi connectivity index (χ1) is 7.06. The molecule has 0 saturated carbocycles. The Balaban J connectivity index is 3.75. The van der Waals surface area contributed by atoms with E-state index in [9.17, 15) is 0 Å². The van der Waals surface area contributed by atoms with Crippen molar-refractivity contribution in [3.05, 3.63) is 34.9 Å². The summed E-state index contributed by atoms with van der Waals surface area (Å²) in [5.74, 6) is 0. The van der Waals surface area contributed by atoms with Crippen LogP contribution in [-0.2, 0) is 0 Å². The molecular formula is C15H26. The Morgan fingerprint density at radius 1 is 0.800 bits per heavy atom. The van der Waals surface area contributed by atoms with Gasteiger partial charge in [-0.25, -0.2) is 0 Å². The van der Waals surface area contributed by atoms with Gasteiger partial charge in [0, 0.05) is 0 Å². The Hall–Kier alpha value is -0.780. The fraction of sp³-hybridized carbons (Fsp3) is 0.600. The van der Waals surface area contributed by atoms with E-state index in [-0.39, 0.29) is 0 Å². The predicted octanol–water partition coefficient (Wildman–Crippen LogP) is 5.43. The second kappa shape index (κ2) is 8.52. The lowest BCUT2D eigenvalue weighted by Crippen LogP contribution is -1.80. The Bertz CT molecular complexity index is 247. The van der Waals surface area contributed by atoms with Gasteiger partial charge in [-0.2, -0.15) is 0 Å². The summed E-state index contributed by atoms with van der Waals surface area (Å²) < 4.78 is 0. The second-order valence-electron chi connectivity index (χ2n) is 4.54. The van der Waals surface area contributed by atoms with Crippen LogP contribution in [0.2, 0.25) is 0 Å². The molecule has 0 saturated heterocycles. The average molecular weight is 206 g/mol. The molecule has 0 aromatic heterocycles. The summed E-state index contributed by atoms with van der Waals surface area (Å²) >= 11 is 0. The number of hydrogen-bond acceptors (Lipinski definition) is 0. The maximum Gasteiger partial charge on any atom is -0.0288 e. The molecule has 0 atom stereocenters. The average Bonchev–Trinajstić information content (AvgIpc) is 2.17. The minimum atomic E-state index is 1.19. The zero-order valence-electron chi connectivity index (χ0n) is 11.1. The molecule has 15 heavy (non-hydrogen) atoms. The van der Waals surface area contributed by atoms with E-state index >= 15 is 0 Å². The van der Waals surface area contributed by atoms with E-state index in [4.69, 9.17) is 0 Å². The zero-order chi connectivity index (χ0) is 11.7. The standard InChI is InChI=1S/C15H26/c1-6-14(4)10-8-12-15(5)11-7-9-13(2)3/h6,9,12H,7-8,10-11H2,1-5H3/b14-6+,15-12+. The van der Waals surface area contributed by atoms with E-state index in [0.29, 0.717) is 0 Å². The molecule has 0 radical (unpaired) electrons. The fourth-order valence-electron chi connectivity index (χ4n) is 1.38. The molecule has 0 heteroatoms. The van der Waals surface area contributed by atoms with E-state index < -0.39 is 0 Å². The Morgan fingerprint density at radius 3 is 1.87 bits per heavy atom. The molecule has 0 fully saturated rings. The van der Waals surface area contributed by atoms with Gasteiger partial charge in [0.1, 0.15) is 0 Å². The molecule has 0 aromatic rings. The van der Waals surface area contributed by atoms with Gasteiger partial charge in [-0.05, 0) is 60.3 Å². The van der Waals surface area contributed by atoms with Crippen molar-refractivity contribution in [2.45, 2.75) is 60.3 Å². The Kier molecular flexibility index (Phi) is 8.08. The van der Waals surface area contributed by atoms with Gasteiger partial charge in [0.25, 0.3) is 0 Å². The molecule has 0 nitrogen and oxygen atoms in total. The first-order valence-corrected chi connectivity index (χ1v) is 5.97. The van der Waals surface area contributed by atoms with Crippen LogP contribution in [-0.4, -0.2) is 0 Å². The highest BCUT2D eigenvalue weighted by Gasteiger charge is 1.90. The highest BCUT2D eigenvalue weighted by molar-refractivity contribution is 5.04. The van der Waals surface area contributed by atoms with Crippen LogP contribution in [0, 0.1) is 0 Å². The monoisotopic (exact) mass is 206 g/mol. The van der Waals surface area contributed by atoms with Gasteiger partial charge in [-0.1, -0.05) is 34.9 Å². The maximum absolute atomic E-state index is 2.38. The summed E-state index contributed by atoms with van der Waals surface area (Å²) in [7, 11) is 0. The van der Waals surface area contributed by atoms with Gasteiger partial charge in [-0.3, -0.25) is 0 Å². The molecule has 0 rings (SSSR count). The van der Waals surface area contributed by atoms with Gasteiger partial charge < -0.3 is 0 Å². The molecule has 0 unspecified atom stereocenters. The molecule has 86 valence electrons. The summed E-state index contributed by atoms with van der Waals surface area (Å²) in [5.41, 5.74) is 4.44. The lowest BCUT2D eigenvalue weighted by Gasteiger charge is -2.00. The second-order valence-corrected chi connectivity index (χ2v) is 4.54. The van der Waals surface area contributed by atoms with Crippen molar-refractivity contribution in [2.24, 2.45) is 0 Å². The van der Waals surface area contributed by atoms with Crippen molar-refractivity contribution >= 4 is 0 Å². The van der Waals surface area contributed by atoms with Gasteiger partial charge in [0.2, 0.25) is 0 Å². The molecule has 0 amide bonds. The molecule has 0 N–H and O–H groups in total. The number of rotatable bonds is 6. The van der Waals surface area contributed by atoms with E-state index in [1.54, 1.807) is 0 Å². The predicted molar refractivity (Wildman–Crippen MR) is 71.1 cm³/mol. The molecular weight excluding hydrogens is 180 g/mol. The summed E-state index contributed by atoms with van der Waals surface area (Å²) in [5, 5.41) is 0. The summed E-state index contributed by atoms with van der Waals surface area (Å²) in [6.07, 6.45) is 11.7. The van der Waals surface area contributed by atoms with Crippen LogP contribution in [0.3, 0.4) is 0 Å². The van der Waals surface area contributed by atoms with Crippen LogP contribution < -0.4 is 0 Å². The first-order valence-electron chi connectivity index (χ1n) is 5.97. The third-order valence-corrected chi connectivity index (χ3v) is 2.62. The minimum absolute atomic E-state index is 1.19. The van der Waals surface area contributed by atoms with E-state index in [0.717, 1.165) is 0 Å². The fourth-order valence-corrected chi connectivity index (χ4v) is 1.38. The largest absolute Gasteiger partial charge is 0.0887 e. The lowest BCUT2D eigenvalue weighted by molar-refractivity contribution is 0.917. The quantitative estimate of drug-likeness (QED) is 0.509. The molecule has 0 aliphatic heterocycles. The first kappa shape index (κ1) is 14.2. The van der Waals surface area contributed by atoms with E-state index in [1.165, 1.54) is 42.4 Å². The topological polar surface area (TPSA) is 0 Å². The third-order valence-electron chi connectivity index (χ3n) is 2.62. The van der Waals surface area contributed by atoms with Crippen molar-refractivity contribution in [3.63, 3.8) is 0 Å². The van der Waals surface area contributed by atoms with Crippen molar-refractivity contribution in [2.75, 3.05) is 0 Å². The van der Waals surface area contributed by atoms with Crippen LogP contribution in [0.15, 0.2) is 34.9 Å². The van der Waals surface area contributed by atoms with Crippen molar-refractivity contribution in [1.82, 2.24) is 0 Å². The molecule has 0 bridgehead atoms. The van der Waals surface area contributed by atoms with Gasteiger partial charge >= 0.3 is 0 Å². The maximum atomic E-state index is 2.38. The minimum Gasteiger partial charge on any atom is -0.0887 e. The molecule has 0 aliphatic carbocycles. The Labute approximate surface area is 95.8 Å². The zero-order valence-corrected chi connectivity index (χ0v) is 11.1. The van der Waals surface area contributed by atoms with Gasteiger partial charge in [0.15, 0.2) is 0 Å². The highest BCUT2D eigenvalue weighted by atomic mass is 14.0. The van der Waals surface area contributed by atoms with Gasteiger partial charge in [-0.15, -0.1) is 0 Å². The van der Waals surface area contributed by atoms with Crippen LogP contribution in [0.4, 0.5) is 0 Å². The molecule has 0 aliphatic rings. The smallest absolute Gasteiger partial charge is 0.0288 e. The van der Waals surface area contributed by atoms with Crippen LogP contribution in [0.1, 0.15) is 60.3 Å². The summed E-state index contributed by atoms with van der Waals surface area (Å²) in [4.78, 5) is 0. The highest BCUT2D eigenvalue weighted by Crippen LogP contribution is 2.10. The van der Waals surface area contributed by atoms with Crippen LogP contribution in [0.5, 0.6) is 0 Å². The van der Waals surface area contributed by atoms with Crippen molar-refractivity contribution in [1.29, 1.82) is 0 Å². The number of hydrogen-bond donors (Lipinski definition) is 0. The van der Waals surface area contributed by atoms with E-state index in [1.807, 2.05) is 0 Å². The lowest BCUT2D eigenvalue weighted by atomic mass is 10.1. The molecule has 0 aromatic carbocycles. The van der Waals surface area contributed by atoms with Crippen LogP contribution in [0.25, 0.3) is 0 Å².